The quantitative estimate of drug-likeness (QED) is 0.773. The second-order valence-corrected chi connectivity index (χ2v) is 8.23. The smallest absolute Gasteiger partial charge is 0.228 e. The van der Waals surface area contributed by atoms with Gasteiger partial charge in [0.2, 0.25) is 11.8 Å². The molecule has 0 bridgehead atoms. The number of carbonyl (C=O) groups excluding carboxylic acids is 2. The van der Waals surface area contributed by atoms with Crippen molar-refractivity contribution >= 4 is 23.3 Å². The zero-order valence-electron chi connectivity index (χ0n) is 16.8. The van der Waals surface area contributed by atoms with Gasteiger partial charge in [0.15, 0.2) is 5.82 Å². The Balaban J connectivity index is 1.20. The number of amides is 2. The van der Waals surface area contributed by atoms with Crippen LogP contribution in [0, 0.1) is 11.7 Å². The van der Waals surface area contributed by atoms with Crippen LogP contribution < -0.4 is 9.80 Å². The van der Waals surface area contributed by atoms with Crippen LogP contribution in [-0.2, 0) is 22.4 Å². The Hall–Kier alpha value is -3.03. The molecule has 0 saturated carbocycles. The third-order valence-corrected chi connectivity index (χ3v) is 6.32. The predicted octanol–water partition coefficient (Wildman–Crippen LogP) is 1.81. The summed E-state index contributed by atoms with van der Waals surface area (Å²) < 4.78 is 13.5. The molecule has 8 heteroatoms. The van der Waals surface area contributed by atoms with E-state index in [9.17, 15) is 14.0 Å². The molecule has 0 spiro atoms. The highest BCUT2D eigenvalue weighted by molar-refractivity contribution is 6.00. The minimum atomic E-state index is -0.388. The average Bonchev–Trinajstić information content (AvgIpc) is 3.39. The molecule has 0 N–H and O–H groups in total. The van der Waals surface area contributed by atoms with E-state index >= 15 is 0 Å². The Bertz CT molecular complexity index is 989. The van der Waals surface area contributed by atoms with E-state index in [1.54, 1.807) is 12.1 Å². The normalized spacial score (nSPS) is 21.3. The first-order valence-electron chi connectivity index (χ1n) is 10.5. The van der Waals surface area contributed by atoms with E-state index in [0.717, 1.165) is 30.8 Å². The summed E-state index contributed by atoms with van der Waals surface area (Å²) in [7, 11) is 0. The maximum Gasteiger partial charge on any atom is 0.228 e. The fourth-order valence-electron chi connectivity index (χ4n) is 4.65. The van der Waals surface area contributed by atoms with Crippen LogP contribution in [0.25, 0.3) is 0 Å². The van der Waals surface area contributed by atoms with Gasteiger partial charge < -0.3 is 14.7 Å². The van der Waals surface area contributed by atoms with E-state index in [-0.39, 0.29) is 30.0 Å². The summed E-state index contributed by atoms with van der Waals surface area (Å²) >= 11 is 0. The maximum absolute atomic E-state index is 13.5. The first kappa shape index (κ1) is 19.0. The molecule has 2 aromatic rings. The molecule has 30 heavy (non-hydrogen) atoms. The molecule has 3 aliphatic rings. The Morgan fingerprint density at radius 3 is 2.70 bits per heavy atom. The number of nitrogens with zero attached hydrogens (tertiary/aromatic N) is 5. The van der Waals surface area contributed by atoms with E-state index < -0.39 is 0 Å². The summed E-state index contributed by atoms with van der Waals surface area (Å²) in [5.74, 6) is -0.0167. The molecule has 0 radical (unpaired) electrons. The number of aryl methyl sites for hydroxylation is 2. The second kappa shape index (κ2) is 7.66. The van der Waals surface area contributed by atoms with Crippen molar-refractivity contribution < 1.29 is 14.0 Å². The van der Waals surface area contributed by atoms with Crippen LogP contribution in [0.15, 0.2) is 30.3 Å². The molecule has 3 heterocycles. The molecule has 1 aromatic carbocycles. The van der Waals surface area contributed by atoms with Gasteiger partial charge in [-0.2, -0.15) is 5.10 Å². The summed E-state index contributed by atoms with van der Waals surface area (Å²) in [5.41, 5.74) is 2.91. The van der Waals surface area contributed by atoms with Crippen LogP contribution in [0.1, 0.15) is 24.1 Å². The molecule has 1 atom stereocenters. The Kier molecular flexibility index (Phi) is 4.84. The van der Waals surface area contributed by atoms with Crippen molar-refractivity contribution in [2.45, 2.75) is 25.7 Å². The number of rotatable bonds is 3. The number of benzene rings is 1. The lowest BCUT2D eigenvalue weighted by Gasteiger charge is -2.36. The fourth-order valence-corrected chi connectivity index (χ4v) is 4.65. The topological polar surface area (TPSA) is 69.6 Å². The molecule has 7 nitrogen and oxygen atoms in total. The number of aromatic nitrogens is 2. The summed E-state index contributed by atoms with van der Waals surface area (Å²) in [6, 6.07) is 8.09. The molecule has 5 rings (SSSR count). The molecule has 2 aliphatic heterocycles. The van der Waals surface area contributed by atoms with Crippen molar-refractivity contribution in [1.29, 1.82) is 0 Å². The van der Waals surface area contributed by atoms with Gasteiger partial charge in [-0.3, -0.25) is 9.59 Å². The number of piperazine rings is 1. The number of halogens is 1. The van der Waals surface area contributed by atoms with Gasteiger partial charge >= 0.3 is 0 Å². The standard InChI is InChI=1S/C22H24FN5O2/c23-17-4-2-5-18(13-17)28-14-16(12-21(28)29)22(30)27-9-7-26(8-10-27)20-11-15-3-1-6-19(15)24-25-20/h2,4-5,11,13,16H,1,3,6-10,12,14H2. The van der Waals surface area contributed by atoms with Crippen LogP contribution in [-0.4, -0.2) is 59.6 Å². The van der Waals surface area contributed by atoms with Crippen LogP contribution in [0.2, 0.25) is 0 Å². The van der Waals surface area contributed by atoms with Crippen molar-refractivity contribution in [3.05, 3.63) is 47.4 Å². The van der Waals surface area contributed by atoms with Crippen LogP contribution >= 0.6 is 0 Å². The van der Waals surface area contributed by atoms with Gasteiger partial charge in [-0.05, 0) is 49.1 Å². The number of fused-ring (bicyclic) bond motifs is 1. The molecule has 1 unspecified atom stereocenters. The third-order valence-electron chi connectivity index (χ3n) is 6.32. The van der Waals surface area contributed by atoms with Crippen LogP contribution in [0.4, 0.5) is 15.9 Å². The number of anilines is 2. The molecular weight excluding hydrogens is 385 g/mol. The summed E-state index contributed by atoms with van der Waals surface area (Å²) in [6.07, 6.45) is 3.39. The Morgan fingerprint density at radius 1 is 1.07 bits per heavy atom. The highest BCUT2D eigenvalue weighted by Crippen LogP contribution is 2.28. The van der Waals surface area contributed by atoms with E-state index in [0.29, 0.717) is 38.4 Å². The monoisotopic (exact) mass is 409 g/mol. The minimum Gasteiger partial charge on any atom is -0.352 e. The SMILES string of the molecule is O=C(C1CC(=O)N(c2cccc(F)c2)C1)N1CCN(c2cc3c(nn2)CCC3)CC1. The summed E-state index contributed by atoms with van der Waals surface area (Å²) in [4.78, 5) is 31.0. The van der Waals surface area contributed by atoms with Gasteiger partial charge in [0, 0.05) is 44.8 Å². The van der Waals surface area contributed by atoms with Gasteiger partial charge in [-0.25, -0.2) is 4.39 Å². The molecular formula is C22H24FN5O2. The lowest BCUT2D eigenvalue weighted by atomic mass is 10.1. The van der Waals surface area contributed by atoms with Gasteiger partial charge in [-0.15, -0.1) is 5.10 Å². The van der Waals surface area contributed by atoms with Gasteiger partial charge in [0.25, 0.3) is 0 Å². The second-order valence-electron chi connectivity index (χ2n) is 8.23. The van der Waals surface area contributed by atoms with Crippen molar-refractivity contribution in [2.24, 2.45) is 5.92 Å². The molecule has 156 valence electrons. The first-order chi connectivity index (χ1) is 14.6. The van der Waals surface area contributed by atoms with Crippen molar-refractivity contribution in [1.82, 2.24) is 15.1 Å². The van der Waals surface area contributed by atoms with Crippen molar-refractivity contribution in [3.8, 4) is 0 Å². The van der Waals surface area contributed by atoms with Crippen LogP contribution in [0.3, 0.4) is 0 Å². The Morgan fingerprint density at radius 2 is 1.90 bits per heavy atom. The van der Waals surface area contributed by atoms with Gasteiger partial charge in [0.1, 0.15) is 5.82 Å². The number of hydrogen-bond donors (Lipinski definition) is 0. The van der Waals surface area contributed by atoms with E-state index in [2.05, 4.69) is 21.2 Å². The molecule has 1 aromatic heterocycles. The summed E-state index contributed by atoms with van der Waals surface area (Å²) in [6.45, 7) is 2.91. The van der Waals surface area contributed by atoms with E-state index in [1.807, 2.05) is 4.90 Å². The van der Waals surface area contributed by atoms with Crippen molar-refractivity contribution in [3.63, 3.8) is 0 Å². The van der Waals surface area contributed by atoms with Crippen molar-refractivity contribution in [2.75, 3.05) is 42.5 Å². The lowest BCUT2D eigenvalue weighted by Crippen LogP contribution is -2.51. The first-order valence-corrected chi connectivity index (χ1v) is 10.5. The van der Waals surface area contributed by atoms with Gasteiger partial charge in [-0.1, -0.05) is 6.07 Å². The predicted molar refractivity (Wildman–Crippen MR) is 110 cm³/mol. The average molecular weight is 409 g/mol. The molecule has 1 aliphatic carbocycles. The molecule has 2 amide bonds. The van der Waals surface area contributed by atoms with Crippen LogP contribution in [0.5, 0.6) is 0 Å². The van der Waals surface area contributed by atoms with Gasteiger partial charge in [0.05, 0.1) is 11.6 Å². The molecule has 2 fully saturated rings. The zero-order chi connectivity index (χ0) is 20.7. The highest BCUT2D eigenvalue weighted by atomic mass is 19.1. The zero-order valence-corrected chi connectivity index (χ0v) is 16.8. The minimum absolute atomic E-state index is 0.00180. The lowest BCUT2D eigenvalue weighted by molar-refractivity contribution is -0.136. The largest absolute Gasteiger partial charge is 0.352 e. The van der Waals surface area contributed by atoms with E-state index in [1.165, 1.54) is 22.6 Å². The molecule has 2 saturated heterocycles. The number of carbonyl (C=O) groups is 2. The Labute approximate surface area is 174 Å². The van der Waals surface area contributed by atoms with E-state index in [4.69, 9.17) is 0 Å². The maximum atomic E-state index is 13.5. The highest BCUT2D eigenvalue weighted by Gasteiger charge is 2.38. The third kappa shape index (κ3) is 3.51. The number of hydrogen-bond acceptors (Lipinski definition) is 5. The fraction of sp³-hybridized carbons (Fsp3) is 0.455. The summed E-state index contributed by atoms with van der Waals surface area (Å²) in [5, 5.41) is 8.73.